The van der Waals surface area contributed by atoms with Gasteiger partial charge in [-0.2, -0.15) is 0 Å². The van der Waals surface area contributed by atoms with E-state index in [-0.39, 0.29) is 5.60 Å². The Labute approximate surface area is 101 Å². The fraction of sp³-hybridized carbons (Fsp3) is 0.818. The standard InChI is InChI=1S/C11H20N4O2/c1-3-12-7-9-14-15-10(17-9)13-8-11(16-2)5-4-6-11/h12H,3-8H2,1-2H3,(H,13,15). The lowest BCUT2D eigenvalue weighted by Gasteiger charge is -2.40. The summed E-state index contributed by atoms with van der Waals surface area (Å²) in [6.45, 7) is 4.26. The van der Waals surface area contributed by atoms with Gasteiger partial charge in [-0.3, -0.25) is 0 Å². The summed E-state index contributed by atoms with van der Waals surface area (Å²) in [5.74, 6) is 0.606. The van der Waals surface area contributed by atoms with Crippen molar-refractivity contribution < 1.29 is 9.15 Å². The minimum absolute atomic E-state index is 0.0314. The molecule has 0 amide bonds. The molecule has 1 aliphatic carbocycles. The average Bonchev–Trinajstić information content (AvgIpc) is 2.74. The Hall–Kier alpha value is -1.14. The first-order valence-electron chi connectivity index (χ1n) is 6.10. The van der Waals surface area contributed by atoms with Crippen LogP contribution in [0.1, 0.15) is 32.1 Å². The van der Waals surface area contributed by atoms with Crippen LogP contribution in [0.15, 0.2) is 4.42 Å². The second-order valence-corrected chi connectivity index (χ2v) is 4.38. The van der Waals surface area contributed by atoms with E-state index in [1.54, 1.807) is 7.11 Å². The topological polar surface area (TPSA) is 72.2 Å². The third-order valence-electron chi connectivity index (χ3n) is 3.25. The van der Waals surface area contributed by atoms with Crippen molar-refractivity contribution in [2.75, 3.05) is 25.5 Å². The molecular weight excluding hydrogens is 220 g/mol. The molecule has 0 aliphatic heterocycles. The Kier molecular flexibility index (Phi) is 3.96. The number of anilines is 1. The van der Waals surface area contributed by atoms with Gasteiger partial charge in [-0.15, -0.1) is 5.10 Å². The van der Waals surface area contributed by atoms with Crippen molar-refractivity contribution >= 4 is 6.01 Å². The van der Waals surface area contributed by atoms with E-state index in [9.17, 15) is 0 Å². The minimum atomic E-state index is -0.0314. The van der Waals surface area contributed by atoms with E-state index in [0.29, 0.717) is 18.5 Å². The van der Waals surface area contributed by atoms with Crippen molar-refractivity contribution in [1.29, 1.82) is 0 Å². The molecule has 17 heavy (non-hydrogen) atoms. The van der Waals surface area contributed by atoms with Crippen molar-refractivity contribution in [2.24, 2.45) is 0 Å². The van der Waals surface area contributed by atoms with Gasteiger partial charge < -0.3 is 19.8 Å². The number of nitrogens with one attached hydrogen (secondary N) is 2. The first kappa shape index (κ1) is 12.3. The summed E-state index contributed by atoms with van der Waals surface area (Å²) in [6, 6.07) is 0.473. The molecule has 1 aliphatic rings. The molecule has 0 unspecified atom stereocenters. The highest BCUT2D eigenvalue weighted by Gasteiger charge is 2.37. The number of methoxy groups -OCH3 is 1. The highest BCUT2D eigenvalue weighted by molar-refractivity contribution is 5.19. The molecule has 1 aromatic rings. The van der Waals surface area contributed by atoms with Gasteiger partial charge in [0.15, 0.2) is 0 Å². The second-order valence-electron chi connectivity index (χ2n) is 4.38. The lowest BCUT2D eigenvalue weighted by atomic mass is 9.80. The summed E-state index contributed by atoms with van der Waals surface area (Å²) in [7, 11) is 1.76. The van der Waals surface area contributed by atoms with Gasteiger partial charge in [-0.1, -0.05) is 12.0 Å². The van der Waals surface area contributed by atoms with Crippen molar-refractivity contribution in [2.45, 2.75) is 38.3 Å². The predicted molar refractivity (Wildman–Crippen MR) is 63.8 cm³/mol. The maximum absolute atomic E-state index is 5.50. The summed E-state index contributed by atoms with van der Waals surface area (Å²) >= 11 is 0. The van der Waals surface area contributed by atoms with Gasteiger partial charge in [-0.05, 0) is 25.8 Å². The van der Waals surface area contributed by atoms with Crippen LogP contribution in [0.25, 0.3) is 0 Å². The molecule has 0 bridgehead atoms. The van der Waals surface area contributed by atoms with Crippen molar-refractivity contribution in [1.82, 2.24) is 15.5 Å². The summed E-state index contributed by atoms with van der Waals surface area (Å²) in [5.41, 5.74) is -0.0314. The van der Waals surface area contributed by atoms with Gasteiger partial charge in [0, 0.05) is 13.7 Å². The Morgan fingerprint density at radius 1 is 1.41 bits per heavy atom. The molecule has 0 aromatic carbocycles. The number of rotatable bonds is 7. The van der Waals surface area contributed by atoms with Crippen LogP contribution in [0, 0.1) is 0 Å². The zero-order valence-corrected chi connectivity index (χ0v) is 10.5. The molecule has 0 radical (unpaired) electrons. The fourth-order valence-corrected chi connectivity index (χ4v) is 1.89. The van der Waals surface area contributed by atoms with Gasteiger partial charge >= 0.3 is 6.01 Å². The third-order valence-corrected chi connectivity index (χ3v) is 3.25. The first-order valence-corrected chi connectivity index (χ1v) is 6.10. The summed E-state index contributed by atoms with van der Waals surface area (Å²) in [5, 5.41) is 14.2. The van der Waals surface area contributed by atoms with Crippen LogP contribution >= 0.6 is 0 Å². The van der Waals surface area contributed by atoms with Crippen LogP contribution in [0.5, 0.6) is 0 Å². The van der Waals surface area contributed by atoms with Crippen LogP contribution in [0.2, 0.25) is 0 Å². The minimum Gasteiger partial charge on any atom is -0.407 e. The summed E-state index contributed by atoms with van der Waals surface area (Å²) < 4.78 is 10.9. The van der Waals surface area contributed by atoms with Gasteiger partial charge in [0.05, 0.1) is 12.1 Å². The molecule has 1 saturated carbocycles. The van der Waals surface area contributed by atoms with Crippen LogP contribution in [0.3, 0.4) is 0 Å². The maximum atomic E-state index is 5.50. The number of hydrogen-bond acceptors (Lipinski definition) is 6. The molecule has 0 saturated heterocycles. The zero-order chi connectivity index (χ0) is 12.1. The molecule has 2 N–H and O–H groups in total. The van der Waals surface area contributed by atoms with Gasteiger partial charge in [-0.25, -0.2) is 0 Å². The molecule has 1 fully saturated rings. The smallest absolute Gasteiger partial charge is 0.315 e. The Morgan fingerprint density at radius 3 is 2.82 bits per heavy atom. The first-order chi connectivity index (χ1) is 8.28. The van der Waals surface area contributed by atoms with Crippen LogP contribution in [-0.2, 0) is 11.3 Å². The summed E-state index contributed by atoms with van der Waals surface area (Å²) in [6.07, 6.45) is 3.41. The second kappa shape index (κ2) is 5.46. The molecule has 1 heterocycles. The lowest BCUT2D eigenvalue weighted by Crippen LogP contribution is -2.45. The van der Waals surface area contributed by atoms with Gasteiger partial charge in [0.2, 0.25) is 5.89 Å². The molecule has 6 nitrogen and oxygen atoms in total. The fourth-order valence-electron chi connectivity index (χ4n) is 1.89. The Bertz CT molecular complexity index is 343. The van der Waals surface area contributed by atoms with Crippen LogP contribution in [0.4, 0.5) is 6.01 Å². The SMILES string of the molecule is CCNCc1nnc(NCC2(OC)CCC2)o1. The Morgan fingerprint density at radius 2 is 2.24 bits per heavy atom. The van der Waals surface area contributed by atoms with Gasteiger partial charge in [0.1, 0.15) is 0 Å². The number of hydrogen-bond donors (Lipinski definition) is 2. The summed E-state index contributed by atoms with van der Waals surface area (Å²) in [4.78, 5) is 0. The normalized spacial score (nSPS) is 17.8. The van der Waals surface area contributed by atoms with Crippen molar-refractivity contribution in [3.8, 4) is 0 Å². The molecule has 0 atom stereocenters. The number of ether oxygens (including phenoxy) is 1. The quantitative estimate of drug-likeness (QED) is 0.745. The molecule has 6 heteroatoms. The zero-order valence-electron chi connectivity index (χ0n) is 10.5. The molecule has 96 valence electrons. The van der Waals surface area contributed by atoms with Gasteiger partial charge in [0.25, 0.3) is 0 Å². The molecule has 1 aromatic heterocycles. The predicted octanol–water partition coefficient (Wildman–Crippen LogP) is 1.16. The van der Waals surface area contributed by atoms with E-state index in [1.807, 2.05) is 6.92 Å². The highest BCUT2D eigenvalue weighted by atomic mass is 16.5. The van der Waals surface area contributed by atoms with E-state index in [1.165, 1.54) is 6.42 Å². The largest absolute Gasteiger partial charge is 0.407 e. The van der Waals surface area contributed by atoms with E-state index in [4.69, 9.17) is 9.15 Å². The number of aromatic nitrogens is 2. The van der Waals surface area contributed by atoms with E-state index in [2.05, 4.69) is 20.8 Å². The monoisotopic (exact) mass is 240 g/mol. The van der Waals surface area contributed by atoms with Crippen molar-refractivity contribution in [3.05, 3.63) is 5.89 Å². The average molecular weight is 240 g/mol. The van der Waals surface area contributed by atoms with E-state index in [0.717, 1.165) is 25.9 Å². The molecule has 0 spiro atoms. The highest BCUT2D eigenvalue weighted by Crippen LogP contribution is 2.34. The Balaban J connectivity index is 1.80. The van der Waals surface area contributed by atoms with E-state index < -0.39 is 0 Å². The lowest BCUT2D eigenvalue weighted by molar-refractivity contribution is -0.0604. The third kappa shape index (κ3) is 2.95. The maximum Gasteiger partial charge on any atom is 0.315 e. The van der Waals surface area contributed by atoms with Crippen LogP contribution in [-0.4, -0.2) is 36.0 Å². The van der Waals surface area contributed by atoms with E-state index >= 15 is 0 Å². The molecular formula is C11H20N4O2. The van der Waals surface area contributed by atoms with Crippen LogP contribution < -0.4 is 10.6 Å². The number of nitrogens with zero attached hydrogens (tertiary/aromatic N) is 2. The molecule has 2 rings (SSSR count). The van der Waals surface area contributed by atoms with Crippen molar-refractivity contribution in [3.63, 3.8) is 0 Å².